The van der Waals surface area contributed by atoms with Crippen LogP contribution in [0.2, 0.25) is 0 Å². The fourth-order valence-electron chi connectivity index (χ4n) is 3.09. The van der Waals surface area contributed by atoms with Crippen molar-refractivity contribution in [3.8, 4) is 11.4 Å². The summed E-state index contributed by atoms with van der Waals surface area (Å²) in [6.07, 6.45) is 1.54. The van der Waals surface area contributed by atoms with E-state index in [2.05, 4.69) is 15.5 Å². The first-order valence-electron chi connectivity index (χ1n) is 8.43. The van der Waals surface area contributed by atoms with E-state index in [4.69, 9.17) is 4.52 Å². The van der Waals surface area contributed by atoms with Crippen molar-refractivity contribution in [3.05, 3.63) is 66.3 Å². The monoisotopic (exact) mass is 352 g/mol. The zero-order valence-electron chi connectivity index (χ0n) is 13.9. The van der Waals surface area contributed by atoms with Crippen LogP contribution in [0.3, 0.4) is 0 Å². The average Bonchev–Trinajstić information content (AvgIpc) is 3.33. The summed E-state index contributed by atoms with van der Waals surface area (Å²) in [5.41, 5.74) is 1.00. The Balaban J connectivity index is 1.53. The van der Waals surface area contributed by atoms with Gasteiger partial charge >= 0.3 is 6.03 Å². The summed E-state index contributed by atoms with van der Waals surface area (Å²) in [6, 6.07) is 14.9. The molecule has 1 saturated heterocycles. The molecule has 0 aliphatic carbocycles. The fourth-order valence-corrected chi connectivity index (χ4v) is 3.09. The van der Waals surface area contributed by atoms with Crippen molar-refractivity contribution in [1.29, 1.82) is 0 Å². The molecule has 4 rings (SSSR count). The summed E-state index contributed by atoms with van der Waals surface area (Å²) >= 11 is 0. The SMILES string of the molecule is O=C(Nc1ccccc1F)N1CCC[C@@H]1c1nc(-c2ccccc2)no1. The number of likely N-dealkylation sites (tertiary alicyclic amines) is 1. The Morgan fingerprint density at radius 1 is 1.15 bits per heavy atom. The molecule has 26 heavy (non-hydrogen) atoms. The van der Waals surface area contributed by atoms with E-state index in [0.29, 0.717) is 18.3 Å². The van der Waals surface area contributed by atoms with Gasteiger partial charge in [-0.1, -0.05) is 47.6 Å². The number of anilines is 1. The zero-order valence-corrected chi connectivity index (χ0v) is 13.9. The van der Waals surface area contributed by atoms with Crippen LogP contribution in [0.5, 0.6) is 0 Å². The third-order valence-electron chi connectivity index (χ3n) is 4.39. The second-order valence-corrected chi connectivity index (χ2v) is 6.08. The van der Waals surface area contributed by atoms with Gasteiger partial charge in [0, 0.05) is 12.1 Å². The maximum atomic E-state index is 13.8. The van der Waals surface area contributed by atoms with Gasteiger partial charge < -0.3 is 14.7 Å². The number of nitrogens with one attached hydrogen (secondary N) is 1. The van der Waals surface area contributed by atoms with E-state index < -0.39 is 5.82 Å². The van der Waals surface area contributed by atoms with Gasteiger partial charge in [0.2, 0.25) is 11.7 Å². The molecule has 0 spiro atoms. The quantitative estimate of drug-likeness (QED) is 0.765. The number of urea groups is 1. The Morgan fingerprint density at radius 2 is 1.92 bits per heavy atom. The summed E-state index contributed by atoms with van der Waals surface area (Å²) in [6.45, 7) is 0.550. The summed E-state index contributed by atoms with van der Waals surface area (Å²) in [5, 5.41) is 6.63. The molecule has 3 aromatic rings. The molecule has 6 nitrogen and oxygen atoms in total. The molecule has 1 N–H and O–H groups in total. The van der Waals surface area contributed by atoms with Crippen molar-refractivity contribution >= 4 is 11.7 Å². The summed E-state index contributed by atoms with van der Waals surface area (Å²) in [4.78, 5) is 18.6. The second-order valence-electron chi connectivity index (χ2n) is 6.08. The number of carbonyl (C=O) groups is 1. The molecule has 1 aliphatic rings. The van der Waals surface area contributed by atoms with Gasteiger partial charge in [-0.3, -0.25) is 0 Å². The van der Waals surface area contributed by atoms with E-state index in [9.17, 15) is 9.18 Å². The van der Waals surface area contributed by atoms with Crippen LogP contribution in [0.15, 0.2) is 59.1 Å². The molecule has 1 atom stereocenters. The van der Waals surface area contributed by atoms with Crippen molar-refractivity contribution in [1.82, 2.24) is 15.0 Å². The number of carbonyl (C=O) groups excluding carboxylic acids is 1. The number of aromatic nitrogens is 2. The van der Waals surface area contributed by atoms with E-state index in [-0.39, 0.29) is 17.8 Å². The first kappa shape index (κ1) is 16.3. The number of hydrogen-bond donors (Lipinski definition) is 1. The van der Waals surface area contributed by atoms with E-state index in [1.165, 1.54) is 12.1 Å². The van der Waals surface area contributed by atoms with E-state index in [1.807, 2.05) is 30.3 Å². The van der Waals surface area contributed by atoms with E-state index in [0.717, 1.165) is 18.4 Å². The minimum Gasteiger partial charge on any atom is -0.337 e. The molecule has 0 unspecified atom stereocenters. The number of rotatable bonds is 3. The van der Waals surface area contributed by atoms with Crippen LogP contribution in [0.1, 0.15) is 24.8 Å². The van der Waals surface area contributed by atoms with Crippen LogP contribution in [-0.2, 0) is 0 Å². The zero-order chi connectivity index (χ0) is 17.9. The minimum absolute atomic E-state index is 0.152. The molecule has 7 heteroatoms. The molecule has 1 aliphatic heterocycles. The lowest BCUT2D eigenvalue weighted by atomic mass is 10.2. The molecule has 2 heterocycles. The average molecular weight is 352 g/mol. The van der Waals surface area contributed by atoms with Gasteiger partial charge in [-0.2, -0.15) is 4.98 Å². The lowest BCUT2D eigenvalue weighted by Gasteiger charge is -2.22. The molecule has 0 radical (unpaired) electrons. The number of amides is 2. The number of hydrogen-bond acceptors (Lipinski definition) is 4. The van der Waals surface area contributed by atoms with Crippen LogP contribution in [0.4, 0.5) is 14.9 Å². The lowest BCUT2D eigenvalue weighted by Crippen LogP contribution is -2.34. The maximum Gasteiger partial charge on any atom is 0.322 e. The topological polar surface area (TPSA) is 71.3 Å². The molecule has 0 bridgehead atoms. The molecule has 2 amide bonds. The van der Waals surface area contributed by atoms with E-state index in [1.54, 1.807) is 17.0 Å². The minimum atomic E-state index is -0.472. The highest BCUT2D eigenvalue weighted by atomic mass is 19.1. The van der Waals surface area contributed by atoms with Gasteiger partial charge in [-0.25, -0.2) is 9.18 Å². The highest BCUT2D eigenvalue weighted by Crippen LogP contribution is 2.32. The van der Waals surface area contributed by atoms with Crippen molar-refractivity contribution < 1.29 is 13.7 Å². The highest BCUT2D eigenvalue weighted by Gasteiger charge is 2.34. The van der Waals surface area contributed by atoms with Crippen LogP contribution in [-0.4, -0.2) is 27.6 Å². The Labute approximate surface area is 149 Å². The normalized spacial score (nSPS) is 16.7. The van der Waals surface area contributed by atoms with Crippen molar-refractivity contribution in [3.63, 3.8) is 0 Å². The molecule has 132 valence electrons. The van der Waals surface area contributed by atoms with Crippen molar-refractivity contribution in [2.75, 3.05) is 11.9 Å². The summed E-state index contributed by atoms with van der Waals surface area (Å²) in [5.74, 6) is 0.410. The Bertz CT molecular complexity index is 913. The molecule has 1 aromatic heterocycles. The van der Waals surface area contributed by atoms with Gasteiger partial charge in [0.05, 0.1) is 5.69 Å². The number of nitrogens with zero attached hydrogens (tertiary/aromatic N) is 3. The molecular weight excluding hydrogens is 335 g/mol. The van der Waals surface area contributed by atoms with Crippen LogP contribution in [0, 0.1) is 5.82 Å². The third-order valence-corrected chi connectivity index (χ3v) is 4.39. The van der Waals surface area contributed by atoms with Crippen LogP contribution in [0.25, 0.3) is 11.4 Å². The third kappa shape index (κ3) is 3.15. The fraction of sp³-hybridized carbons (Fsp3) is 0.211. The lowest BCUT2D eigenvalue weighted by molar-refractivity contribution is 0.193. The molecule has 2 aromatic carbocycles. The predicted octanol–water partition coefficient (Wildman–Crippen LogP) is 4.24. The highest BCUT2D eigenvalue weighted by molar-refractivity contribution is 5.89. The van der Waals surface area contributed by atoms with Gasteiger partial charge in [0.25, 0.3) is 0 Å². The van der Waals surface area contributed by atoms with Crippen molar-refractivity contribution in [2.45, 2.75) is 18.9 Å². The largest absolute Gasteiger partial charge is 0.337 e. The number of para-hydroxylation sites is 1. The van der Waals surface area contributed by atoms with E-state index >= 15 is 0 Å². The van der Waals surface area contributed by atoms with Crippen LogP contribution >= 0.6 is 0 Å². The van der Waals surface area contributed by atoms with Gasteiger partial charge in [-0.15, -0.1) is 0 Å². The predicted molar refractivity (Wildman–Crippen MR) is 93.8 cm³/mol. The van der Waals surface area contributed by atoms with Crippen LogP contribution < -0.4 is 5.32 Å². The summed E-state index contributed by atoms with van der Waals surface area (Å²) in [7, 11) is 0. The molecule has 0 saturated carbocycles. The standard InChI is InChI=1S/C19H17FN4O2/c20-14-9-4-5-10-15(14)21-19(25)24-12-6-11-16(24)18-22-17(23-26-18)13-7-2-1-3-8-13/h1-5,7-10,16H,6,11-12H2,(H,21,25)/t16-/m1/s1. The van der Waals surface area contributed by atoms with Gasteiger partial charge in [0.1, 0.15) is 11.9 Å². The Morgan fingerprint density at radius 3 is 2.73 bits per heavy atom. The first-order chi connectivity index (χ1) is 12.7. The molecule has 1 fully saturated rings. The van der Waals surface area contributed by atoms with Gasteiger partial charge in [0.15, 0.2) is 0 Å². The molecular formula is C19H17FN4O2. The Hall–Kier alpha value is -3.22. The Kier molecular flexibility index (Phi) is 4.35. The second kappa shape index (κ2) is 6.95. The smallest absolute Gasteiger partial charge is 0.322 e. The number of halogens is 1. The summed E-state index contributed by atoms with van der Waals surface area (Å²) < 4.78 is 19.2. The maximum absolute atomic E-state index is 13.8. The number of benzene rings is 2. The van der Waals surface area contributed by atoms with Crippen molar-refractivity contribution in [2.24, 2.45) is 0 Å². The first-order valence-corrected chi connectivity index (χ1v) is 8.43. The van der Waals surface area contributed by atoms with Gasteiger partial charge in [-0.05, 0) is 25.0 Å².